The lowest BCUT2D eigenvalue weighted by molar-refractivity contribution is 0.0127. The van der Waals surface area contributed by atoms with Crippen molar-refractivity contribution in [3.05, 3.63) is 35.1 Å². The van der Waals surface area contributed by atoms with Crippen LogP contribution in [0.15, 0.2) is 18.2 Å². The summed E-state index contributed by atoms with van der Waals surface area (Å²) in [5.74, 6) is 0.177. The van der Waals surface area contributed by atoms with Gasteiger partial charge >= 0.3 is 0 Å². The molecular weight excluding hydrogens is 229 g/mol. The number of benzene rings is 1. The lowest BCUT2D eigenvalue weighted by Crippen LogP contribution is -2.42. The molecule has 2 unspecified atom stereocenters. The summed E-state index contributed by atoms with van der Waals surface area (Å²) in [5, 5.41) is 0. The minimum Gasteiger partial charge on any atom is -0.377 e. The molecule has 1 rings (SSSR count). The summed E-state index contributed by atoms with van der Waals surface area (Å²) in [6.45, 7) is 8.77. The van der Waals surface area contributed by atoms with E-state index in [1.165, 1.54) is 6.07 Å². The fraction of sp³-hybridized carbons (Fsp3) is 0.600. The van der Waals surface area contributed by atoms with Crippen LogP contribution in [0.3, 0.4) is 0 Å². The van der Waals surface area contributed by atoms with Crippen LogP contribution in [-0.2, 0) is 11.2 Å². The van der Waals surface area contributed by atoms with Gasteiger partial charge in [0.05, 0.1) is 6.10 Å². The van der Waals surface area contributed by atoms with Crippen LogP contribution < -0.4 is 5.73 Å². The lowest BCUT2D eigenvalue weighted by atomic mass is 9.93. The van der Waals surface area contributed by atoms with Crippen molar-refractivity contribution in [3.8, 4) is 0 Å². The Balaban J connectivity index is 2.75. The Bertz CT molecular complexity index is 379. The van der Waals surface area contributed by atoms with E-state index in [4.69, 9.17) is 10.5 Å². The van der Waals surface area contributed by atoms with Crippen LogP contribution in [0.1, 0.15) is 31.9 Å². The van der Waals surface area contributed by atoms with E-state index in [9.17, 15) is 4.39 Å². The van der Waals surface area contributed by atoms with Crippen LogP contribution >= 0.6 is 0 Å². The molecule has 0 bridgehead atoms. The lowest BCUT2D eigenvalue weighted by Gasteiger charge is -2.27. The topological polar surface area (TPSA) is 35.2 Å². The first-order chi connectivity index (χ1) is 8.45. The Hall–Kier alpha value is -0.930. The van der Waals surface area contributed by atoms with E-state index < -0.39 is 0 Å². The molecule has 1 aromatic carbocycles. The molecule has 2 N–H and O–H groups in total. The molecule has 0 aliphatic carbocycles. The second-order valence-corrected chi connectivity index (χ2v) is 5.10. The van der Waals surface area contributed by atoms with Gasteiger partial charge in [0.2, 0.25) is 0 Å². The van der Waals surface area contributed by atoms with Crippen molar-refractivity contribution in [2.24, 2.45) is 11.7 Å². The Labute approximate surface area is 109 Å². The molecule has 102 valence electrons. The standard InChI is InChI=1S/C15H24FNO/c1-5-18-15(10(2)3)14(17)9-12-6-7-13(16)8-11(12)4/h6-8,10,14-15H,5,9,17H2,1-4H3. The van der Waals surface area contributed by atoms with E-state index >= 15 is 0 Å². The monoisotopic (exact) mass is 253 g/mol. The van der Waals surface area contributed by atoms with E-state index in [1.807, 2.05) is 19.9 Å². The first-order valence-electron chi connectivity index (χ1n) is 6.58. The maximum atomic E-state index is 13.0. The number of nitrogens with two attached hydrogens (primary N) is 1. The fourth-order valence-electron chi connectivity index (χ4n) is 2.26. The molecule has 0 aliphatic rings. The Morgan fingerprint density at radius 3 is 2.50 bits per heavy atom. The van der Waals surface area contributed by atoms with Gasteiger partial charge in [0, 0.05) is 12.6 Å². The minimum atomic E-state index is -0.199. The predicted molar refractivity (Wildman–Crippen MR) is 73.1 cm³/mol. The average molecular weight is 253 g/mol. The zero-order valence-electron chi connectivity index (χ0n) is 11.7. The summed E-state index contributed by atoms with van der Waals surface area (Å²) in [4.78, 5) is 0. The van der Waals surface area contributed by atoms with Crippen LogP contribution in [-0.4, -0.2) is 18.8 Å². The molecule has 0 saturated heterocycles. The molecular formula is C15H24FNO. The number of aryl methyl sites for hydroxylation is 1. The average Bonchev–Trinajstić information content (AvgIpc) is 2.29. The van der Waals surface area contributed by atoms with Gasteiger partial charge in [-0.15, -0.1) is 0 Å². The van der Waals surface area contributed by atoms with Crippen LogP contribution in [0.5, 0.6) is 0 Å². The van der Waals surface area contributed by atoms with Crippen LogP contribution in [0.2, 0.25) is 0 Å². The van der Waals surface area contributed by atoms with Gasteiger partial charge in [0.15, 0.2) is 0 Å². The highest BCUT2D eigenvalue weighted by molar-refractivity contribution is 5.27. The Morgan fingerprint density at radius 2 is 2.00 bits per heavy atom. The molecule has 2 nitrogen and oxygen atoms in total. The van der Waals surface area contributed by atoms with Gasteiger partial charge in [-0.2, -0.15) is 0 Å². The molecule has 0 heterocycles. The highest BCUT2D eigenvalue weighted by atomic mass is 19.1. The van der Waals surface area contributed by atoms with E-state index in [0.717, 1.165) is 17.5 Å². The van der Waals surface area contributed by atoms with Crippen LogP contribution in [0.4, 0.5) is 4.39 Å². The molecule has 0 aliphatic heterocycles. The van der Waals surface area contributed by atoms with Crippen molar-refractivity contribution >= 4 is 0 Å². The zero-order valence-corrected chi connectivity index (χ0v) is 11.7. The van der Waals surface area contributed by atoms with Crippen LogP contribution in [0.25, 0.3) is 0 Å². The quantitative estimate of drug-likeness (QED) is 0.845. The number of halogens is 1. The van der Waals surface area contributed by atoms with Crippen molar-refractivity contribution in [1.29, 1.82) is 0 Å². The van der Waals surface area contributed by atoms with Gasteiger partial charge in [0.1, 0.15) is 5.82 Å². The second-order valence-electron chi connectivity index (χ2n) is 5.10. The first kappa shape index (κ1) is 15.1. The molecule has 0 spiro atoms. The summed E-state index contributed by atoms with van der Waals surface area (Å²) < 4.78 is 18.7. The summed E-state index contributed by atoms with van der Waals surface area (Å²) in [6.07, 6.45) is 0.758. The molecule has 2 atom stereocenters. The van der Waals surface area contributed by atoms with Crippen molar-refractivity contribution in [1.82, 2.24) is 0 Å². The number of hydrogen-bond acceptors (Lipinski definition) is 2. The van der Waals surface area contributed by atoms with Crippen LogP contribution in [0, 0.1) is 18.7 Å². The second kappa shape index (κ2) is 6.86. The number of ether oxygens (including phenoxy) is 1. The van der Waals surface area contributed by atoms with Gasteiger partial charge in [0.25, 0.3) is 0 Å². The Morgan fingerprint density at radius 1 is 1.33 bits per heavy atom. The maximum absolute atomic E-state index is 13.0. The van der Waals surface area contributed by atoms with Gasteiger partial charge in [-0.3, -0.25) is 0 Å². The highest BCUT2D eigenvalue weighted by Crippen LogP contribution is 2.17. The summed E-state index contributed by atoms with van der Waals surface area (Å²) >= 11 is 0. The number of rotatable bonds is 6. The summed E-state index contributed by atoms with van der Waals surface area (Å²) in [7, 11) is 0. The van der Waals surface area contributed by atoms with Crippen molar-refractivity contribution < 1.29 is 9.13 Å². The van der Waals surface area contributed by atoms with Crippen molar-refractivity contribution in [3.63, 3.8) is 0 Å². The summed E-state index contributed by atoms with van der Waals surface area (Å²) in [6, 6.07) is 4.79. The molecule has 1 aromatic rings. The summed E-state index contributed by atoms with van der Waals surface area (Å²) in [5.41, 5.74) is 8.27. The van der Waals surface area contributed by atoms with E-state index in [1.54, 1.807) is 6.07 Å². The van der Waals surface area contributed by atoms with Gasteiger partial charge in [-0.1, -0.05) is 19.9 Å². The SMILES string of the molecule is CCOC(C(C)C)C(N)Cc1ccc(F)cc1C. The van der Waals surface area contributed by atoms with E-state index in [0.29, 0.717) is 12.5 Å². The smallest absolute Gasteiger partial charge is 0.123 e. The third-order valence-electron chi connectivity index (χ3n) is 3.20. The maximum Gasteiger partial charge on any atom is 0.123 e. The number of hydrogen-bond donors (Lipinski definition) is 1. The zero-order chi connectivity index (χ0) is 13.7. The van der Waals surface area contributed by atoms with Crippen molar-refractivity contribution in [2.45, 2.75) is 46.3 Å². The van der Waals surface area contributed by atoms with Crippen molar-refractivity contribution in [2.75, 3.05) is 6.61 Å². The van der Waals surface area contributed by atoms with Gasteiger partial charge in [-0.25, -0.2) is 4.39 Å². The molecule has 18 heavy (non-hydrogen) atoms. The third kappa shape index (κ3) is 4.07. The molecule has 0 aromatic heterocycles. The molecule has 0 fully saturated rings. The molecule has 3 heteroatoms. The van der Waals surface area contributed by atoms with Gasteiger partial charge in [-0.05, 0) is 49.4 Å². The van der Waals surface area contributed by atoms with E-state index in [-0.39, 0.29) is 18.0 Å². The van der Waals surface area contributed by atoms with E-state index in [2.05, 4.69) is 13.8 Å². The molecule has 0 amide bonds. The minimum absolute atomic E-state index is 0.0412. The molecule has 0 radical (unpaired) electrons. The van der Waals surface area contributed by atoms with Gasteiger partial charge < -0.3 is 10.5 Å². The largest absolute Gasteiger partial charge is 0.377 e. The predicted octanol–water partition coefficient (Wildman–Crippen LogP) is 3.07. The first-order valence-corrected chi connectivity index (χ1v) is 6.58. The highest BCUT2D eigenvalue weighted by Gasteiger charge is 2.22. The fourth-order valence-corrected chi connectivity index (χ4v) is 2.26. The third-order valence-corrected chi connectivity index (χ3v) is 3.20. The Kier molecular flexibility index (Phi) is 5.76. The molecule has 0 saturated carbocycles. The normalized spacial score (nSPS) is 14.8.